The highest BCUT2D eigenvalue weighted by Gasteiger charge is 2.28. The second-order valence-electron chi connectivity index (χ2n) is 3.96. The number of halogens is 1. The van der Waals surface area contributed by atoms with E-state index < -0.39 is 10.0 Å². The van der Waals surface area contributed by atoms with Gasteiger partial charge in [0.25, 0.3) is 0 Å². The summed E-state index contributed by atoms with van der Waals surface area (Å²) >= 11 is 3.43. The van der Waals surface area contributed by atoms with Gasteiger partial charge in [-0.2, -0.15) is 4.31 Å². The first-order valence-electron chi connectivity index (χ1n) is 5.33. The zero-order valence-electron chi connectivity index (χ0n) is 9.52. The molecule has 0 amide bonds. The van der Waals surface area contributed by atoms with Crippen LogP contribution in [0.4, 0.5) is 0 Å². The first-order valence-corrected chi connectivity index (χ1v) is 7.73. The topological polar surface area (TPSA) is 46.6 Å². The summed E-state index contributed by atoms with van der Waals surface area (Å²) in [4.78, 5) is 0. The van der Waals surface area contributed by atoms with Gasteiger partial charge in [0.15, 0.2) is 0 Å². The number of hydrogen-bond acceptors (Lipinski definition) is 3. The van der Waals surface area contributed by atoms with E-state index >= 15 is 0 Å². The van der Waals surface area contributed by atoms with E-state index in [1.165, 1.54) is 4.31 Å². The molecule has 4 nitrogen and oxygen atoms in total. The molecule has 0 radical (unpaired) electrons. The quantitative estimate of drug-likeness (QED) is 0.856. The van der Waals surface area contributed by atoms with Crippen LogP contribution in [-0.2, 0) is 16.6 Å². The van der Waals surface area contributed by atoms with E-state index in [4.69, 9.17) is 4.74 Å². The van der Waals surface area contributed by atoms with E-state index in [0.717, 1.165) is 15.8 Å². The molecule has 1 aliphatic heterocycles. The maximum atomic E-state index is 11.7. The van der Waals surface area contributed by atoms with Crippen molar-refractivity contribution in [3.8, 4) is 5.75 Å². The van der Waals surface area contributed by atoms with Crippen LogP contribution in [0.15, 0.2) is 22.7 Å². The SMILES string of the molecule is COc1ccc(Br)c(CN2CCCS2(=O)=O)c1. The third-order valence-corrected chi connectivity index (χ3v) is 5.48. The van der Waals surface area contributed by atoms with Crippen molar-refractivity contribution in [2.45, 2.75) is 13.0 Å². The molecule has 0 saturated carbocycles. The number of methoxy groups -OCH3 is 1. The Kier molecular flexibility index (Phi) is 3.75. The van der Waals surface area contributed by atoms with Gasteiger partial charge < -0.3 is 4.74 Å². The molecule has 0 N–H and O–H groups in total. The second kappa shape index (κ2) is 4.96. The Labute approximate surface area is 110 Å². The molecule has 1 aliphatic rings. The maximum absolute atomic E-state index is 11.7. The number of sulfonamides is 1. The minimum absolute atomic E-state index is 0.259. The third-order valence-electron chi connectivity index (χ3n) is 2.80. The summed E-state index contributed by atoms with van der Waals surface area (Å²) in [6, 6.07) is 5.57. The lowest BCUT2D eigenvalue weighted by molar-refractivity contribution is 0.410. The standard InChI is InChI=1S/C11H14BrNO3S/c1-16-10-3-4-11(12)9(7-10)8-13-5-2-6-17(13,14)15/h3-4,7H,2,5-6,8H2,1H3. The molecule has 1 saturated heterocycles. The second-order valence-corrected chi connectivity index (χ2v) is 6.90. The van der Waals surface area contributed by atoms with Gasteiger partial charge in [0.05, 0.1) is 12.9 Å². The molecule has 0 aliphatic carbocycles. The average molecular weight is 320 g/mol. The van der Waals surface area contributed by atoms with Gasteiger partial charge in [-0.05, 0) is 30.2 Å². The molecule has 6 heteroatoms. The number of ether oxygens (including phenoxy) is 1. The fourth-order valence-corrected chi connectivity index (χ4v) is 3.73. The van der Waals surface area contributed by atoms with Crippen LogP contribution in [0.1, 0.15) is 12.0 Å². The highest BCUT2D eigenvalue weighted by atomic mass is 79.9. The summed E-state index contributed by atoms with van der Waals surface area (Å²) in [5, 5.41) is 0. The molecule has 0 aromatic heterocycles. The van der Waals surface area contributed by atoms with Gasteiger partial charge in [-0.25, -0.2) is 8.42 Å². The predicted octanol–water partition coefficient (Wildman–Crippen LogP) is 1.99. The predicted molar refractivity (Wildman–Crippen MR) is 69.5 cm³/mol. The monoisotopic (exact) mass is 319 g/mol. The first-order chi connectivity index (χ1) is 8.03. The van der Waals surface area contributed by atoms with Crippen molar-refractivity contribution in [1.29, 1.82) is 0 Å². The molecular formula is C11H14BrNO3S. The highest BCUT2D eigenvalue weighted by Crippen LogP contribution is 2.26. The summed E-state index contributed by atoms with van der Waals surface area (Å²) in [5.41, 5.74) is 0.926. The lowest BCUT2D eigenvalue weighted by Crippen LogP contribution is -2.25. The number of benzene rings is 1. The Balaban J connectivity index is 2.24. The molecular weight excluding hydrogens is 306 g/mol. The van der Waals surface area contributed by atoms with Crippen molar-refractivity contribution in [3.05, 3.63) is 28.2 Å². The van der Waals surface area contributed by atoms with E-state index in [9.17, 15) is 8.42 Å². The Morgan fingerprint density at radius 2 is 2.24 bits per heavy atom. The Morgan fingerprint density at radius 1 is 1.47 bits per heavy atom. The molecule has 94 valence electrons. The van der Waals surface area contributed by atoms with Crippen LogP contribution in [0.25, 0.3) is 0 Å². The summed E-state index contributed by atoms with van der Waals surface area (Å²) in [7, 11) is -1.45. The van der Waals surface area contributed by atoms with Gasteiger partial charge in [-0.3, -0.25) is 0 Å². The fraction of sp³-hybridized carbons (Fsp3) is 0.455. The van der Waals surface area contributed by atoms with Gasteiger partial charge in [0.1, 0.15) is 5.75 Å². The van der Waals surface area contributed by atoms with Crippen LogP contribution in [0, 0.1) is 0 Å². The average Bonchev–Trinajstić information content (AvgIpc) is 2.61. The molecule has 1 aromatic rings. The molecule has 17 heavy (non-hydrogen) atoms. The maximum Gasteiger partial charge on any atom is 0.214 e. The van der Waals surface area contributed by atoms with E-state index in [0.29, 0.717) is 19.5 Å². The number of nitrogens with zero attached hydrogens (tertiary/aromatic N) is 1. The van der Waals surface area contributed by atoms with Crippen molar-refractivity contribution in [2.75, 3.05) is 19.4 Å². The van der Waals surface area contributed by atoms with Crippen molar-refractivity contribution < 1.29 is 13.2 Å². The van der Waals surface area contributed by atoms with Crippen LogP contribution in [0.5, 0.6) is 5.75 Å². The van der Waals surface area contributed by atoms with Crippen molar-refractivity contribution >= 4 is 26.0 Å². The fourth-order valence-electron chi connectivity index (χ4n) is 1.86. The molecule has 0 spiro atoms. The van der Waals surface area contributed by atoms with Gasteiger partial charge in [0.2, 0.25) is 10.0 Å². The van der Waals surface area contributed by atoms with Crippen LogP contribution in [0.2, 0.25) is 0 Å². The lowest BCUT2D eigenvalue weighted by atomic mass is 10.2. The molecule has 0 atom stereocenters. The van der Waals surface area contributed by atoms with Gasteiger partial charge in [0, 0.05) is 17.6 Å². The third kappa shape index (κ3) is 2.81. The summed E-state index contributed by atoms with van der Waals surface area (Å²) in [5.74, 6) is 0.994. The van der Waals surface area contributed by atoms with Crippen molar-refractivity contribution in [2.24, 2.45) is 0 Å². The van der Waals surface area contributed by atoms with E-state index in [-0.39, 0.29) is 5.75 Å². The Hall–Kier alpha value is -0.590. The number of hydrogen-bond donors (Lipinski definition) is 0. The summed E-state index contributed by atoms with van der Waals surface area (Å²) in [6.45, 7) is 1.01. The van der Waals surface area contributed by atoms with E-state index in [2.05, 4.69) is 15.9 Å². The summed E-state index contributed by atoms with van der Waals surface area (Å²) < 4.78 is 31.0. The van der Waals surface area contributed by atoms with Crippen LogP contribution >= 0.6 is 15.9 Å². The minimum atomic E-state index is -3.05. The van der Waals surface area contributed by atoms with Crippen LogP contribution in [-0.4, -0.2) is 32.1 Å². The van der Waals surface area contributed by atoms with Crippen LogP contribution < -0.4 is 4.74 Å². The van der Waals surface area contributed by atoms with Gasteiger partial charge in [-0.1, -0.05) is 15.9 Å². The van der Waals surface area contributed by atoms with Gasteiger partial charge in [-0.15, -0.1) is 0 Å². The molecule has 1 aromatic carbocycles. The molecule has 1 fully saturated rings. The highest BCUT2D eigenvalue weighted by molar-refractivity contribution is 9.10. The van der Waals surface area contributed by atoms with E-state index in [1.807, 2.05) is 18.2 Å². The first kappa shape index (κ1) is 12.9. The summed E-state index contributed by atoms with van der Waals surface area (Å²) in [6.07, 6.45) is 0.712. The largest absolute Gasteiger partial charge is 0.497 e. The Morgan fingerprint density at radius 3 is 2.82 bits per heavy atom. The lowest BCUT2D eigenvalue weighted by Gasteiger charge is -2.15. The van der Waals surface area contributed by atoms with Crippen LogP contribution in [0.3, 0.4) is 0 Å². The van der Waals surface area contributed by atoms with Crippen molar-refractivity contribution in [1.82, 2.24) is 4.31 Å². The number of rotatable bonds is 3. The molecule has 2 rings (SSSR count). The zero-order valence-corrected chi connectivity index (χ0v) is 11.9. The van der Waals surface area contributed by atoms with Crippen molar-refractivity contribution in [3.63, 3.8) is 0 Å². The molecule has 0 unspecified atom stereocenters. The zero-order chi connectivity index (χ0) is 12.5. The smallest absolute Gasteiger partial charge is 0.214 e. The minimum Gasteiger partial charge on any atom is -0.497 e. The van der Waals surface area contributed by atoms with E-state index in [1.54, 1.807) is 7.11 Å². The normalized spacial score (nSPS) is 19.4. The van der Waals surface area contributed by atoms with Gasteiger partial charge >= 0.3 is 0 Å². The molecule has 0 bridgehead atoms. The molecule has 1 heterocycles. The Bertz CT molecular complexity index is 515.